The number of fused-ring (bicyclic) bond motifs is 1. The second-order valence-corrected chi connectivity index (χ2v) is 7.40. The Morgan fingerprint density at radius 1 is 1.07 bits per heavy atom. The fourth-order valence-corrected chi connectivity index (χ4v) is 3.93. The van der Waals surface area contributed by atoms with Crippen molar-refractivity contribution in [1.29, 1.82) is 0 Å². The fourth-order valence-electron chi connectivity index (χ4n) is 3.93. The summed E-state index contributed by atoms with van der Waals surface area (Å²) in [7, 11) is 3.12. The van der Waals surface area contributed by atoms with Gasteiger partial charge in [-0.05, 0) is 23.8 Å². The van der Waals surface area contributed by atoms with Crippen LogP contribution in [0.3, 0.4) is 0 Å². The largest absolute Gasteiger partial charge is 0.345 e. The van der Waals surface area contributed by atoms with Gasteiger partial charge in [0.2, 0.25) is 5.91 Å². The average molecular weight is 405 g/mol. The number of nitrogens with one attached hydrogen (secondary N) is 1. The highest BCUT2D eigenvalue weighted by Gasteiger charge is 2.50. The molecule has 8 nitrogen and oxygen atoms in total. The molecule has 4 rings (SSSR count). The van der Waals surface area contributed by atoms with Gasteiger partial charge in [0.15, 0.2) is 0 Å². The van der Waals surface area contributed by atoms with Gasteiger partial charge in [0.1, 0.15) is 11.9 Å². The highest BCUT2D eigenvalue weighted by Crippen LogP contribution is 2.35. The monoisotopic (exact) mass is 405 g/mol. The summed E-state index contributed by atoms with van der Waals surface area (Å²) >= 11 is 0. The van der Waals surface area contributed by atoms with Gasteiger partial charge in [0.25, 0.3) is 5.91 Å². The van der Waals surface area contributed by atoms with Crippen LogP contribution < -0.4 is 5.32 Å². The third-order valence-electron chi connectivity index (χ3n) is 5.47. The van der Waals surface area contributed by atoms with Crippen molar-refractivity contribution in [2.75, 3.05) is 14.1 Å². The van der Waals surface area contributed by atoms with Gasteiger partial charge in [0.05, 0.1) is 18.2 Å². The van der Waals surface area contributed by atoms with Crippen molar-refractivity contribution in [3.05, 3.63) is 77.8 Å². The first-order valence-corrected chi connectivity index (χ1v) is 9.72. The van der Waals surface area contributed by atoms with E-state index in [2.05, 4.69) is 10.3 Å². The molecule has 30 heavy (non-hydrogen) atoms. The van der Waals surface area contributed by atoms with Crippen LogP contribution in [-0.2, 0) is 22.7 Å². The minimum absolute atomic E-state index is 0.272. The summed E-state index contributed by atoms with van der Waals surface area (Å²) in [6, 6.07) is 14.8. The van der Waals surface area contributed by atoms with Crippen molar-refractivity contribution in [2.45, 2.75) is 19.3 Å². The highest BCUT2D eigenvalue weighted by atomic mass is 16.2. The smallest absolute Gasteiger partial charge is 0.327 e. The number of nitrogens with zero attached hydrogens (tertiary/aromatic N) is 4. The van der Waals surface area contributed by atoms with Crippen LogP contribution in [0.1, 0.15) is 11.3 Å². The molecule has 0 radical (unpaired) electrons. The molecule has 4 amide bonds. The van der Waals surface area contributed by atoms with Gasteiger partial charge in [-0.15, -0.1) is 0 Å². The van der Waals surface area contributed by atoms with Crippen LogP contribution in [0, 0.1) is 5.92 Å². The Bertz CT molecular complexity index is 992. The molecule has 0 saturated carbocycles. The first-order valence-electron chi connectivity index (χ1n) is 9.72. The van der Waals surface area contributed by atoms with Crippen molar-refractivity contribution in [3.8, 4) is 0 Å². The van der Waals surface area contributed by atoms with E-state index in [9.17, 15) is 14.4 Å². The Labute approximate surface area is 174 Å². The minimum Gasteiger partial charge on any atom is -0.345 e. The lowest BCUT2D eigenvalue weighted by Gasteiger charge is -2.43. The first-order chi connectivity index (χ1) is 14.5. The zero-order chi connectivity index (χ0) is 21.3. The molecule has 1 fully saturated rings. The lowest BCUT2D eigenvalue weighted by Crippen LogP contribution is -2.61. The van der Waals surface area contributed by atoms with Crippen molar-refractivity contribution in [3.63, 3.8) is 0 Å². The summed E-state index contributed by atoms with van der Waals surface area (Å²) in [4.78, 5) is 47.0. The van der Waals surface area contributed by atoms with Gasteiger partial charge in [-0.3, -0.25) is 19.5 Å². The van der Waals surface area contributed by atoms with Crippen molar-refractivity contribution >= 4 is 17.8 Å². The molecule has 0 aliphatic carbocycles. The number of hydrogen-bond acceptors (Lipinski definition) is 5. The van der Waals surface area contributed by atoms with Crippen LogP contribution >= 0.6 is 0 Å². The molecule has 2 aliphatic rings. The molecule has 8 heteroatoms. The van der Waals surface area contributed by atoms with Crippen LogP contribution in [0.2, 0.25) is 0 Å². The van der Waals surface area contributed by atoms with E-state index in [1.165, 1.54) is 11.9 Å². The van der Waals surface area contributed by atoms with E-state index in [-0.39, 0.29) is 24.4 Å². The maximum Gasteiger partial charge on any atom is 0.327 e. The quantitative estimate of drug-likeness (QED) is 0.816. The molecular formula is C22H23N5O3. The lowest BCUT2D eigenvalue weighted by molar-refractivity contribution is -0.137. The van der Waals surface area contributed by atoms with Gasteiger partial charge >= 0.3 is 6.03 Å². The molecule has 1 aromatic carbocycles. The Kier molecular flexibility index (Phi) is 5.22. The van der Waals surface area contributed by atoms with Crippen molar-refractivity contribution in [2.24, 2.45) is 5.92 Å². The van der Waals surface area contributed by atoms with Gasteiger partial charge in [-0.25, -0.2) is 4.79 Å². The van der Waals surface area contributed by atoms with Gasteiger partial charge in [-0.1, -0.05) is 36.4 Å². The van der Waals surface area contributed by atoms with E-state index < -0.39 is 12.1 Å². The van der Waals surface area contributed by atoms with E-state index >= 15 is 0 Å². The Hall–Kier alpha value is -3.68. The van der Waals surface area contributed by atoms with Crippen molar-refractivity contribution in [1.82, 2.24) is 25.0 Å². The number of carbonyl (C=O) groups excluding carboxylic acids is 3. The number of benzene rings is 1. The maximum absolute atomic E-state index is 13.1. The number of aromatic nitrogens is 1. The van der Waals surface area contributed by atoms with Crippen LogP contribution in [0.5, 0.6) is 0 Å². The molecule has 154 valence electrons. The van der Waals surface area contributed by atoms with E-state index in [1.54, 1.807) is 19.3 Å². The standard InChI is InChI=1S/C22H23N5O3/c1-25-20-17(21(29)26(2)22(25)30)12-18(27(20)14-15-8-4-3-5-9-15)19(28)24-13-16-10-6-7-11-23-16/h3-12,17,20H,13-14H2,1-2H3,(H,24,28). The SMILES string of the molecule is CN1C(=O)C2C=C(C(=O)NCc3ccccn3)N(Cc3ccccc3)C2N(C)C1=O. The summed E-state index contributed by atoms with van der Waals surface area (Å²) in [5, 5.41) is 2.88. The maximum atomic E-state index is 13.1. The second kappa shape index (κ2) is 7.98. The van der Waals surface area contributed by atoms with E-state index in [4.69, 9.17) is 0 Å². The average Bonchev–Trinajstić information content (AvgIpc) is 3.15. The topological polar surface area (TPSA) is 85.8 Å². The summed E-state index contributed by atoms with van der Waals surface area (Å²) in [6.45, 7) is 0.674. The Morgan fingerprint density at radius 3 is 2.50 bits per heavy atom. The lowest BCUT2D eigenvalue weighted by atomic mass is 10.0. The molecule has 2 aliphatic heterocycles. The van der Waals surface area contributed by atoms with Gasteiger partial charge in [0, 0.05) is 26.8 Å². The third kappa shape index (κ3) is 3.52. The second-order valence-electron chi connectivity index (χ2n) is 7.40. The number of imide groups is 1. The zero-order valence-corrected chi connectivity index (χ0v) is 16.9. The van der Waals surface area contributed by atoms with E-state index in [0.717, 1.165) is 16.2 Å². The predicted molar refractivity (Wildman–Crippen MR) is 109 cm³/mol. The predicted octanol–water partition coefficient (Wildman–Crippen LogP) is 1.56. The van der Waals surface area contributed by atoms with Gasteiger partial charge in [-0.2, -0.15) is 0 Å². The van der Waals surface area contributed by atoms with Crippen LogP contribution in [0.15, 0.2) is 66.5 Å². The summed E-state index contributed by atoms with van der Waals surface area (Å²) in [5.74, 6) is -1.21. The normalized spacial score (nSPS) is 20.9. The molecule has 1 aromatic heterocycles. The molecule has 0 bridgehead atoms. The van der Waals surface area contributed by atoms with E-state index in [0.29, 0.717) is 12.2 Å². The molecule has 2 aromatic rings. The zero-order valence-electron chi connectivity index (χ0n) is 16.9. The Morgan fingerprint density at radius 2 is 1.80 bits per heavy atom. The molecular weight excluding hydrogens is 382 g/mol. The van der Waals surface area contributed by atoms with Crippen LogP contribution in [0.25, 0.3) is 0 Å². The number of carbonyl (C=O) groups is 3. The van der Waals surface area contributed by atoms with Crippen LogP contribution in [0.4, 0.5) is 4.79 Å². The first kappa shape index (κ1) is 19.6. The third-order valence-corrected chi connectivity index (χ3v) is 5.47. The molecule has 3 heterocycles. The number of pyridine rings is 1. The summed E-state index contributed by atoms with van der Waals surface area (Å²) < 4.78 is 0. The summed E-state index contributed by atoms with van der Waals surface area (Å²) in [6.07, 6.45) is 2.79. The summed E-state index contributed by atoms with van der Waals surface area (Å²) in [5.41, 5.74) is 2.10. The number of urea groups is 1. The van der Waals surface area contributed by atoms with Crippen molar-refractivity contribution < 1.29 is 14.4 Å². The minimum atomic E-state index is -0.600. The molecule has 1 N–H and O–H groups in total. The highest BCUT2D eigenvalue weighted by molar-refractivity contribution is 6.02. The number of hydrogen-bond donors (Lipinski definition) is 1. The van der Waals surface area contributed by atoms with Gasteiger partial charge < -0.3 is 15.1 Å². The number of rotatable bonds is 5. The number of amides is 4. The van der Waals surface area contributed by atoms with Crippen LogP contribution in [-0.4, -0.2) is 57.8 Å². The van der Waals surface area contributed by atoms with E-state index in [1.807, 2.05) is 53.4 Å². The fraction of sp³-hybridized carbons (Fsp3) is 0.273. The molecule has 0 spiro atoms. The molecule has 2 atom stereocenters. The molecule has 2 unspecified atom stereocenters. The molecule has 1 saturated heterocycles. The Balaban J connectivity index is 1.62.